The zero-order valence-corrected chi connectivity index (χ0v) is 11.4. The Hall–Kier alpha value is -1.45. The first-order chi connectivity index (χ1) is 9.29. The van der Waals surface area contributed by atoms with E-state index in [0.29, 0.717) is 12.0 Å². The third-order valence-electron chi connectivity index (χ3n) is 4.23. The molecule has 2 N–H and O–H groups in total. The number of rotatable bonds is 2. The van der Waals surface area contributed by atoms with Crippen LogP contribution in [0.15, 0.2) is 36.4 Å². The molecule has 0 amide bonds. The van der Waals surface area contributed by atoms with Crippen molar-refractivity contribution in [1.29, 1.82) is 0 Å². The van der Waals surface area contributed by atoms with Crippen LogP contribution in [0.5, 0.6) is 0 Å². The van der Waals surface area contributed by atoms with Gasteiger partial charge in [-0.25, -0.2) is 0 Å². The zero-order chi connectivity index (χ0) is 13.2. The number of aromatic nitrogens is 1. The first kappa shape index (κ1) is 12.6. The van der Waals surface area contributed by atoms with Crippen molar-refractivity contribution in [2.75, 3.05) is 20.1 Å². The van der Waals surface area contributed by atoms with Crippen LogP contribution in [0.2, 0.25) is 0 Å². The summed E-state index contributed by atoms with van der Waals surface area (Å²) in [5.41, 5.74) is 8.19. The Morgan fingerprint density at radius 2 is 2.11 bits per heavy atom. The fourth-order valence-electron chi connectivity index (χ4n) is 3.22. The second-order valence-electron chi connectivity index (χ2n) is 5.49. The molecule has 0 bridgehead atoms. The summed E-state index contributed by atoms with van der Waals surface area (Å²) in [5, 5.41) is 1.20. The molecule has 2 aromatic rings. The Morgan fingerprint density at radius 3 is 2.95 bits per heavy atom. The molecule has 2 atom stereocenters. The lowest BCUT2D eigenvalue weighted by Gasteiger charge is -2.38. The topological polar surface area (TPSA) is 42.1 Å². The number of hydrogen-bond donors (Lipinski definition) is 1. The minimum atomic E-state index is 0.364. The predicted octanol–water partition coefficient (Wildman–Crippen LogP) is 2.58. The lowest BCUT2D eigenvalue weighted by atomic mass is 9.87. The van der Waals surface area contributed by atoms with Crippen molar-refractivity contribution in [3.05, 3.63) is 42.1 Å². The van der Waals surface area contributed by atoms with Crippen molar-refractivity contribution in [3.63, 3.8) is 0 Å². The van der Waals surface area contributed by atoms with Gasteiger partial charge in [0.15, 0.2) is 0 Å². The van der Waals surface area contributed by atoms with Crippen LogP contribution in [0, 0.1) is 5.92 Å². The van der Waals surface area contributed by atoms with Crippen LogP contribution in [0.1, 0.15) is 24.6 Å². The van der Waals surface area contributed by atoms with Crippen molar-refractivity contribution in [2.45, 2.75) is 18.9 Å². The lowest BCUT2D eigenvalue weighted by Crippen LogP contribution is -2.39. The number of para-hydroxylation sites is 1. The minimum absolute atomic E-state index is 0.364. The zero-order valence-electron chi connectivity index (χ0n) is 11.4. The van der Waals surface area contributed by atoms with Crippen molar-refractivity contribution >= 4 is 10.9 Å². The molecular weight excluding hydrogens is 234 g/mol. The van der Waals surface area contributed by atoms with E-state index in [2.05, 4.69) is 42.3 Å². The van der Waals surface area contributed by atoms with E-state index in [1.807, 2.05) is 6.07 Å². The molecule has 1 aromatic carbocycles. The molecule has 2 heterocycles. The molecule has 0 spiro atoms. The number of pyridine rings is 1. The normalized spacial score (nSPS) is 24.7. The Bertz CT molecular complexity index is 567. The summed E-state index contributed by atoms with van der Waals surface area (Å²) in [6.45, 7) is 1.87. The third-order valence-corrected chi connectivity index (χ3v) is 4.23. The van der Waals surface area contributed by atoms with E-state index in [9.17, 15) is 0 Å². The molecular formula is C16H21N3. The average Bonchev–Trinajstić information content (AvgIpc) is 2.46. The van der Waals surface area contributed by atoms with Crippen LogP contribution in [0.25, 0.3) is 10.9 Å². The molecule has 100 valence electrons. The molecule has 3 heteroatoms. The van der Waals surface area contributed by atoms with Gasteiger partial charge in [-0.1, -0.05) is 24.3 Å². The quantitative estimate of drug-likeness (QED) is 0.897. The lowest BCUT2D eigenvalue weighted by molar-refractivity contribution is 0.122. The van der Waals surface area contributed by atoms with Crippen LogP contribution < -0.4 is 5.73 Å². The van der Waals surface area contributed by atoms with E-state index in [1.54, 1.807) is 0 Å². The van der Waals surface area contributed by atoms with E-state index >= 15 is 0 Å². The average molecular weight is 255 g/mol. The van der Waals surface area contributed by atoms with E-state index in [1.165, 1.54) is 18.2 Å². The molecule has 0 radical (unpaired) electrons. The van der Waals surface area contributed by atoms with Gasteiger partial charge >= 0.3 is 0 Å². The molecule has 3 rings (SSSR count). The largest absolute Gasteiger partial charge is 0.330 e. The Labute approximate surface area is 114 Å². The number of benzene rings is 1. The monoisotopic (exact) mass is 255 g/mol. The van der Waals surface area contributed by atoms with Crippen LogP contribution in [0.3, 0.4) is 0 Å². The molecule has 2 unspecified atom stereocenters. The van der Waals surface area contributed by atoms with Crippen molar-refractivity contribution in [3.8, 4) is 0 Å². The molecule has 1 aromatic heterocycles. The van der Waals surface area contributed by atoms with Crippen molar-refractivity contribution in [1.82, 2.24) is 9.88 Å². The summed E-state index contributed by atoms with van der Waals surface area (Å²) < 4.78 is 0. The Balaban J connectivity index is 2.01. The second kappa shape index (κ2) is 5.27. The first-order valence-corrected chi connectivity index (χ1v) is 7.05. The molecule has 1 aliphatic heterocycles. The second-order valence-corrected chi connectivity index (χ2v) is 5.49. The first-order valence-electron chi connectivity index (χ1n) is 7.05. The fraction of sp³-hybridized carbons (Fsp3) is 0.438. The maximum Gasteiger partial charge on any atom is 0.0706 e. The maximum atomic E-state index is 5.95. The number of fused-ring (bicyclic) bond motifs is 1. The van der Waals surface area contributed by atoms with E-state index in [0.717, 1.165) is 24.3 Å². The summed E-state index contributed by atoms with van der Waals surface area (Å²) >= 11 is 0. The molecule has 1 saturated heterocycles. The SMILES string of the molecule is CN1CCCC(CN)C1c1ccc2ccccc2n1. The van der Waals surface area contributed by atoms with Gasteiger partial charge in [-0.05, 0) is 51.0 Å². The van der Waals surface area contributed by atoms with Crippen LogP contribution in [-0.2, 0) is 0 Å². The maximum absolute atomic E-state index is 5.95. The van der Waals surface area contributed by atoms with Gasteiger partial charge < -0.3 is 5.73 Å². The molecule has 1 fully saturated rings. The fourth-order valence-corrected chi connectivity index (χ4v) is 3.22. The third kappa shape index (κ3) is 2.36. The molecule has 19 heavy (non-hydrogen) atoms. The van der Waals surface area contributed by atoms with Crippen LogP contribution >= 0.6 is 0 Å². The number of nitrogens with zero attached hydrogens (tertiary/aromatic N) is 2. The van der Waals surface area contributed by atoms with Gasteiger partial charge in [-0.2, -0.15) is 0 Å². The van der Waals surface area contributed by atoms with Gasteiger partial charge in [-0.15, -0.1) is 0 Å². The van der Waals surface area contributed by atoms with Crippen molar-refractivity contribution < 1.29 is 0 Å². The number of likely N-dealkylation sites (tertiary alicyclic amines) is 1. The van der Waals surface area contributed by atoms with Crippen LogP contribution in [-0.4, -0.2) is 30.0 Å². The van der Waals surface area contributed by atoms with Gasteiger partial charge in [0.05, 0.1) is 17.3 Å². The van der Waals surface area contributed by atoms with E-state index in [-0.39, 0.29) is 0 Å². The Morgan fingerprint density at radius 1 is 1.26 bits per heavy atom. The highest BCUT2D eigenvalue weighted by atomic mass is 15.2. The highest BCUT2D eigenvalue weighted by Crippen LogP contribution is 2.34. The molecule has 0 saturated carbocycles. The van der Waals surface area contributed by atoms with E-state index < -0.39 is 0 Å². The molecule has 1 aliphatic rings. The predicted molar refractivity (Wildman–Crippen MR) is 78.9 cm³/mol. The number of hydrogen-bond acceptors (Lipinski definition) is 3. The highest BCUT2D eigenvalue weighted by Gasteiger charge is 2.30. The Kier molecular flexibility index (Phi) is 3.49. The molecule has 0 aliphatic carbocycles. The van der Waals surface area contributed by atoms with Crippen molar-refractivity contribution in [2.24, 2.45) is 11.7 Å². The molecule has 3 nitrogen and oxygen atoms in total. The summed E-state index contributed by atoms with van der Waals surface area (Å²) in [7, 11) is 2.18. The summed E-state index contributed by atoms with van der Waals surface area (Å²) in [4.78, 5) is 7.25. The number of nitrogens with two attached hydrogens (primary N) is 1. The summed E-state index contributed by atoms with van der Waals surface area (Å²) in [6.07, 6.45) is 2.45. The van der Waals surface area contributed by atoms with Gasteiger partial charge in [-0.3, -0.25) is 9.88 Å². The van der Waals surface area contributed by atoms with Crippen LogP contribution in [0.4, 0.5) is 0 Å². The minimum Gasteiger partial charge on any atom is -0.330 e. The van der Waals surface area contributed by atoms with E-state index in [4.69, 9.17) is 10.7 Å². The summed E-state index contributed by atoms with van der Waals surface area (Å²) in [5.74, 6) is 0.521. The van der Waals surface area contributed by atoms with Gasteiger partial charge in [0.25, 0.3) is 0 Å². The highest BCUT2D eigenvalue weighted by molar-refractivity contribution is 5.78. The van der Waals surface area contributed by atoms with Gasteiger partial charge in [0.1, 0.15) is 0 Å². The standard InChI is InChI=1S/C16H21N3/c1-19-10-4-6-13(11-17)16(19)15-9-8-12-5-2-3-7-14(12)18-15/h2-3,5,7-9,13,16H,4,6,10-11,17H2,1H3. The number of piperidine rings is 1. The van der Waals surface area contributed by atoms with Gasteiger partial charge in [0.2, 0.25) is 0 Å². The van der Waals surface area contributed by atoms with Gasteiger partial charge in [0, 0.05) is 5.39 Å². The summed E-state index contributed by atoms with van der Waals surface area (Å²) in [6, 6.07) is 13.0. The smallest absolute Gasteiger partial charge is 0.0706 e.